The lowest BCUT2D eigenvalue weighted by molar-refractivity contribution is -0.119. The topological polar surface area (TPSA) is 65.2 Å². The fourth-order valence-electron chi connectivity index (χ4n) is 1.49. The van der Waals surface area contributed by atoms with Crippen molar-refractivity contribution in [1.82, 2.24) is 4.98 Å². The van der Waals surface area contributed by atoms with Crippen molar-refractivity contribution in [3.63, 3.8) is 0 Å². The number of hydrogen-bond donors (Lipinski definition) is 1. The van der Waals surface area contributed by atoms with Gasteiger partial charge in [0.2, 0.25) is 5.91 Å². The summed E-state index contributed by atoms with van der Waals surface area (Å²) in [6.45, 7) is 1.69. The number of halogens is 1. The number of ether oxygens (including phenoxy) is 1. The van der Waals surface area contributed by atoms with Crippen LogP contribution >= 0.6 is 0 Å². The average molecular weight is 260 g/mol. The Balaban J connectivity index is 2.10. The molecule has 5 heteroatoms. The molecule has 1 aromatic heterocycles. The molecule has 0 bridgehead atoms. The zero-order valence-electron chi connectivity index (χ0n) is 10.3. The van der Waals surface area contributed by atoms with Crippen LogP contribution in [0.3, 0.4) is 0 Å². The number of pyridine rings is 1. The van der Waals surface area contributed by atoms with E-state index in [0.29, 0.717) is 17.2 Å². The summed E-state index contributed by atoms with van der Waals surface area (Å²) in [7, 11) is 0. The molecule has 0 aliphatic heterocycles. The van der Waals surface area contributed by atoms with Gasteiger partial charge in [-0.05, 0) is 43.3 Å². The Morgan fingerprint density at radius 1 is 1.21 bits per heavy atom. The van der Waals surface area contributed by atoms with Crippen molar-refractivity contribution >= 4 is 5.91 Å². The molecule has 0 aliphatic rings. The molecule has 2 N–H and O–H groups in total. The quantitative estimate of drug-likeness (QED) is 0.918. The molecule has 1 unspecified atom stereocenters. The fourth-order valence-corrected chi connectivity index (χ4v) is 1.49. The maximum Gasteiger partial charge on any atom is 0.226 e. The van der Waals surface area contributed by atoms with Crippen molar-refractivity contribution in [2.45, 2.75) is 12.8 Å². The predicted molar refractivity (Wildman–Crippen MR) is 68.3 cm³/mol. The first-order valence-corrected chi connectivity index (χ1v) is 5.75. The first kappa shape index (κ1) is 13.0. The Hall–Kier alpha value is -2.43. The molecule has 1 aromatic carbocycles. The smallest absolute Gasteiger partial charge is 0.226 e. The van der Waals surface area contributed by atoms with Crippen LogP contribution in [0.25, 0.3) is 0 Å². The standard InChI is InChI=1S/C14H13FN2O2/c1-9(14(16)18)13-7-6-12(8-17-13)19-11-4-2-10(15)3-5-11/h2-9H,1H3,(H2,16,18). The van der Waals surface area contributed by atoms with Gasteiger partial charge in [-0.1, -0.05) is 0 Å². The molecular formula is C14H13FN2O2. The largest absolute Gasteiger partial charge is 0.456 e. The van der Waals surface area contributed by atoms with E-state index in [1.165, 1.54) is 30.5 Å². The zero-order chi connectivity index (χ0) is 13.8. The van der Waals surface area contributed by atoms with E-state index in [4.69, 9.17) is 10.5 Å². The summed E-state index contributed by atoms with van der Waals surface area (Å²) in [6.07, 6.45) is 1.50. The van der Waals surface area contributed by atoms with Gasteiger partial charge in [0.05, 0.1) is 17.8 Å². The highest BCUT2D eigenvalue weighted by Gasteiger charge is 2.12. The summed E-state index contributed by atoms with van der Waals surface area (Å²) in [5.74, 6) is -0.179. The number of hydrogen-bond acceptors (Lipinski definition) is 3. The van der Waals surface area contributed by atoms with Crippen LogP contribution in [0.5, 0.6) is 11.5 Å². The van der Waals surface area contributed by atoms with E-state index in [-0.39, 0.29) is 5.82 Å². The van der Waals surface area contributed by atoms with Crippen molar-refractivity contribution < 1.29 is 13.9 Å². The molecule has 4 nitrogen and oxygen atoms in total. The monoisotopic (exact) mass is 260 g/mol. The molecular weight excluding hydrogens is 247 g/mol. The van der Waals surface area contributed by atoms with E-state index in [1.807, 2.05) is 0 Å². The Morgan fingerprint density at radius 3 is 2.37 bits per heavy atom. The maximum atomic E-state index is 12.7. The van der Waals surface area contributed by atoms with Gasteiger partial charge in [-0.3, -0.25) is 9.78 Å². The summed E-state index contributed by atoms with van der Waals surface area (Å²) in [5, 5.41) is 0. The number of amides is 1. The minimum Gasteiger partial charge on any atom is -0.456 e. The van der Waals surface area contributed by atoms with Gasteiger partial charge in [0.1, 0.15) is 17.3 Å². The van der Waals surface area contributed by atoms with E-state index in [1.54, 1.807) is 19.1 Å². The van der Waals surface area contributed by atoms with E-state index in [9.17, 15) is 9.18 Å². The molecule has 0 spiro atoms. The highest BCUT2D eigenvalue weighted by molar-refractivity contribution is 5.80. The highest BCUT2D eigenvalue weighted by atomic mass is 19.1. The Kier molecular flexibility index (Phi) is 3.75. The van der Waals surface area contributed by atoms with Crippen LogP contribution in [-0.4, -0.2) is 10.9 Å². The van der Waals surface area contributed by atoms with Gasteiger partial charge in [0, 0.05) is 0 Å². The van der Waals surface area contributed by atoms with Gasteiger partial charge >= 0.3 is 0 Å². The van der Waals surface area contributed by atoms with Crippen molar-refractivity contribution in [2.75, 3.05) is 0 Å². The van der Waals surface area contributed by atoms with Crippen LogP contribution in [0.1, 0.15) is 18.5 Å². The molecule has 19 heavy (non-hydrogen) atoms. The lowest BCUT2D eigenvalue weighted by atomic mass is 10.1. The number of carbonyl (C=O) groups excluding carboxylic acids is 1. The van der Waals surface area contributed by atoms with Gasteiger partial charge in [-0.25, -0.2) is 4.39 Å². The second-order valence-corrected chi connectivity index (χ2v) is 4.10. The van der Waals surface area contributed by atoms with E-state index >= 15 is 0 Å². The number of carbonyl (C=O) groups is 1. The van der Waals surface area contributed by atoms with E-state index in [0.717, 1.165) is 0 Å². The average Bonchev–Trinajstić information content (AvgIpc) is 2.41. The zero-order valence-corrected chi connectivity index (χ0v) is 10.3. The van der Waals surface area contributed by atoms with Gasteiger partial charge in [-0.15, -0.1) is 0 Å². The molecule has 0 saturated heterocycles. The molecule has 98 valence electrons. The SMILES string of the molecule is CC(C(N)=O)c1ccc(Oc2ccc(F)cc2)cn1. The second kappa shape index (κ2) is 5.48. The van der Waals surface area contributed by atoms with Crippen LogP contribution in [0.2, 0.25) is 0 Å². The molecule has 0 radical (unpaired) electrons. The van der Waals surface area contributed by atoms with Gasteiger partial charge < -0.3 is 10.5 Å². The molecule has 1 heterocycles. The maximum absolute atomic E-state index is 12.7. The molecule has 0 saturated carbocycles. The number of nitrogens with two attached hydrogens (primary N) is 1. The van der Waals surface area contributed by atoms with Crippen LogP contribution in [-0.2, 0) is 4.79 Å². The molecule has 1 amide bonds. The summed E-state index contributed by atoms with van der Waals surface area (Å²) < 4.78 is 18.2. The van der Waals surface area contributed by atoms with Gasteiger partial charge in [0.25, 0.3) is 0 Å². The fraction of sp³-hybridized carbons (Fsp3) is 0.143. The van der Waals surface area contributed by atoms with Gasteiger partial charge in [-0.2, -0.15) is 0 Å². The normalized spacial score (nSPS) is 11.9. The highest BCUT2D eigenvalue weighted by Crippen LogP contribution is 2.22. The van der Waals surface area contributed by atoms with Crippen LogP contribution in [0.4, 0.5) is 4.39 Å². The number of benzene rings is 1. The van der Waals surface area contributed by atoms with Gasteiger partial charge in [0.15, 0.2) is 0 Å². The van der Waals surface area contributed by atoms with Crippen molar-refractivity contribution in [1.29, 1.82) is 0 Å². The number of aromatic nitrogens is 1. The second-order valence-electron chi connectivity index (χ2n) is 4.10. The number of nitrogens with zero attached hydrogens (tertiary/aromatic N) is 1. The van der Waals surface area contributed by atoms with E-state index in [2.05, 4.69) is 4.98 Å². The van der Waals surface area contributed by atoms with Crippen molar-refractivity contribution in [3.05, 3.63) is 54.1 Å². The third-order valence-corrected chi connectivity index (χ3v) is 2.68. The van der Waals surface area contributed by atoms with Crippen LogP contribution < -0.4 is 10.5 Å². The summed E-state index contributed by atoms with van der Waals surface area (Å²) in [4.78, 5) is 15.1. The Morgan fingerprint density at radius 2 is 1.84 bits per heavy atom. The molecule has 0 fully saturated rings. The summed E-state index contributed by atoms with van der Waals surface area (Å²) >= 11 is 0. The van der Waals surface area contributed by atoms with Crippen molar-refractivity contribution in [3.8, 4) is 11.5 Å². The molecule has 0 aliphatic carbocycles. The minimum atomic E-state index is -0.445. The van der Waals surface area contributed by atoms with Crippen LogP contribution in [0, 0.1) is 5.82 Å². The Bertz CT molecular complexity index is 567. The lowest BCUT2D eigenvalue weighted by Gasteiger charge is -2.08. The molecule has 2 aromatic rings. The summed E-state index contributed by atoms with van der Waals surface area (Å²) in [5.41, 5.74) is 5.78. The minimum absolute atomic E-state index is 0.323. The summed E-state index contributed by atoms with van der Waals surface area (Å²) in [6, 6.07) is 9.03. The lowest BCUT2D eigenvalue weighted by Crippen LogP contribution is -2.19. The van der Waals surface area contributed by atoms with Crippen molar-refractivity contribution in [2.24, 2.45) is 5.73 Å². The number of rotatable bonds is 4. The number of primary amides is 1. The Labute approximate surface area is 110 Å². The third kappa shape index (κ3) is 3.28. The van der Waals surface area contributed by atoms with E-state index < -0.39 is 11.8 Å². The molecule has 1 atom stereocenters. The third-order valence-electron chi connectivity index (χ3n) is 2.68. The first-order chi connectivity index (χ1) is 9.06. The predicted octanol–water partition coefficient (Wildman–Crippen LogP) is 2.60. The first-order valence-electron chi connectivity index (χ1n) is 5.75. The van der Waals surface area contributed by atoms with Crippen LogP contribution in [0.15, 0.2) is 42.6 Å². The molecule has 2 rings (SSSR count).